The number of rotatable bonds is 11. The van der Waals surface area contributed by atoms with E-state index in [1.54, 1.807) is 0 Å². The second kappa shape index (κ2) is 10.2. The Labute approximate surface area is 167 Å². The topological polar surface area (TPSA) is 52.6 Å². The van der Waals surface area contributed by atoms with Crippen LogP contribution in [0.25, 0.3) is 0 Å². The Kier molecular flexibility index (Phi) is 7.96. The van der Waals surface area contributed by atoms with Crippen LogP contribution in [0.1, 0.15) is 30.9 Å². The van der Waals surface area contributed by atoms with Crippen LogP contribution in [0.2, 0.25) is 0 Å². The lowest BCUT2D eigenvalue weighted by atomic mass is 9.94. The number of aryl methyl sites for hydroxylation is 1. The molecule has 0 saturated carbocycles. The summed E-state index contributed by atoms with van der Waals surface area (Å²) in [6, 6.07) is 9.93. The first-order chi connectivity index (χ1) is 13.7. The van der Waals surface area contributed by atoms with Crippen molar-refractivity contribution in [2.75, 3.05) is 13.7 Å². The summed E-state index contributed by atoms with van der Waals surface area (Å²) < 4.78 is 51.3. The molecule has 4 nitrogen and oxygen atoms in total. The molecule has 0 aliphatic heterocycles. The lowest BCUT2D eigenvalue weighted by Gasteiger charge is -2.18. The van der Waals surface area contributed by atoms with Gasteiger partial charge in [0.1, 0.15) is 23.1 Å². The molecule has 2 aromatic rings. The number of carbonyl (C=O) groups is 2. The molecule has 2 rings (SSSR count). The monoisotopic (exact) mass is 408 g/mol. The second-order valence-corrected chi connectivity index (χ2v) is 6.80. The fourth-order valence-corrected chi connectivity index (χ4v) is 2.89. The first-order valence-corrected chi connectivity index (χ1v) is 9.14. The summed E-state index contributed by atoms with van der Waals surface area (Å²) in [6.07, 6.45) is -2.98. The number of hydrogen-bond acceptors (Lipinski definition) is 4. The predicted octanol–water partition coefficient (Wildman–Crippen LogP) is 4.70. The van der Waals surface area contributed by atoms with E-state index in [1.165, 1.54) is 50.4 Å². The lowest BCUT2D eigenvalue weighted by Crippen LogP contribution is -2.23. The Morgan fingerprint density at radius 3 is 2.38 bits per heavy atom. The molecule has 2 aromatic carbocycles. The van der Waals surface area contributed by atoms with E-state index >= 15 is 0 Å². The van der Waals surface area contributed by atoms with Crippen LogP contribution >= 0.6 is 0 Å². The van der Waals surface area contributed by atoms with E-state index in [0.717, 1.165) is 12.1 Å². The third kappa shape index (κ3) is 7.02. The highest BCUT2D eigenvalue weighted by Gasteiger charge is 2.34. The maximum Gasteiger partial charge on any atom is 0.426 e. The summed E-state index contributed by atoms with van der Waals surface area (Å²) in [5.74, 6) is -1.65. The molecule has 0 radical (unpaired) electrons. The van der Waals surface area contributed by atoms with Gasteiger partial charge in [0.25, 0.3) is 0 Å². The highest BCUT2D eigenvalue weighted by Crippen LogP contribution is 2.32. The summed E-state index contributed by atoms with van der Waals surface area (Å²) in [5.41, 5.74) is 0.313. The van der Waals surface area contributed by atoms with Gasteiger partial charge in [0.05, 0.1) is 12.2 Å². The van der Waals surface area contributed by atoms with Gasteiger partial charge in [-0.05, 0) is 43.2 Å². The van der Waals surface area contributed by atoms with E-state index in [-0.39, 0.29) is 42.3 Å². The number of ketones is 2. The molecular weight excluding hydrogens is 385 g/mol. The van der Waals surface area contributed by atoms with Crippen molar-refractivity contribution in [3.63, 3.8) is 0 Å². The van der Waals surface area contributed by atoms with Gasteiger partial charge in [0, 0.05) is 31.9 Å². The van der Waals surface area contributed by atoms with E-state index < -0.39 is 17.8 Å². The Morgan fingerprint density at radius 2 is 1.79 bits per heavy atom. The molecule has 156 valence electrons. The molecule has 0 N–H and O–H groups in total. The van der Waals surface area contributed by atoms with Crippen LogP contribution in [0.5, 0.6) is 5.75 Å². The molecule has 0 saturated heterocycles. The molecule has 0 bridgehead atoms. The van der Waals surface area contributed by atoms with Gasteiger partial charge >= 0.3 is 6.11 Å². The standard InChI is InChI=1S/C22H23F3O4/c1-15(26)12-17(14-28-2)21(27)11-8-16-6-9-18(10-7-16)22(24,25)29-20-5-3-4-19(23)13-20/h3-7,9-10,13,17H,8,11-12,14H2,1-2H3/t17-/m1/s1. The third-order valence-corrected chi connectivity index (χ3v) is 4.35. The minimum absolute atomic E-state index is 0.0923. The summed E-state index contributed by atoms with van der Waals surface area (Å²) >= 11 is 0. The number of alkyl halides is 2. The Hall–Kier alpha value is -2.67. The quantitative estimate of drug-likeness (QED) is 0.541. The normalized spacial score (nSPS) is 12.4. The average molecular weight is 408 g/mol. The number of hydrogen-bond donors (Lipinski definition) is 0. The van der Waals surface area contributed by atoms with E-state index in [2.05, 4.69) is 4.74 Å². The molecule has 0 aliphatic carbocycles. The van der Waals surface area contributed by atoms with Crippen LogP contribution in [-0.2, 0) is 26.9 Å². The Balaban J connectivity index is 1.98. The van der Waals surface area contributed by atoms with Crippen molar-refractivity contribution in [2.24, 2.45) is 5.92 Å². The van der Waals surface area contributed by atoms with Crippen molar-refractivity contribution < 1.29 is 32.2 Å². The molecule has 0 heterocycles. The van der Waals surface area contributed by atoms with Crippen LogP contribution in [0, 0.1) is 11.7 Å². The van der Waals surface area contributed by atoms with Gasteiger partial charge in [0.2, 0.25) is 0 Å². The van der Waals surface area contributed by atoms with Gasteiger partial charge in [-0.25, -0.2) is 4.39 Å². The molecule has 0 amide bonds. The maximum absolute atomic E-state index is 14.3. The minimum atomic E-state index is -3.63. The highest BCUT2D eigenvalue weighted by atomic mass is 19.3. The minimum Gasteiger partial charge on any atom is -0.429 e. The van der Waals surface area contributed by atoms with Crippen molar-refractivity contribution in [2.45, 2.75) is 32.3 Å². The summed E-state index contributed by atoms with van der Waals surface area (Å²) in [6.45, 7) is 1.59. The smallest absolute Gasteiger partial charge is 0.426 e. The largest absolute Gasteiger partial charge is 0.429 e. The maximum atomic E-state index is 14.3. The molecule has 7 heteroatoms. The number of benzene rings is 2. The Bertz CT molecular complexity index is 834. The van der Waals surface area contributed by atoms with E-state index in [0.29, 0.717) is 12.0 Å². The van der Waals surface area contributed by atoms with Crippen LogP contribution in [-0.4, -0.2) is 25.3 Å². The number of Topliss-reactive ketones (excluding diaryl/α,β-unsaturated/α-hetero) is 2. The molecule has 0 unspecified atom stereocenters. The number of methoxy groups -OCH3 is 1. The van der Waals surface area contributed by atoms with E-state index in [1.807, 2.05) is 0 Å². The van der Waals surface area contributed by atoms with Crippen LogP contribution in [0.4, 0.5) is 13.2 Å². The van der Waals surface area contributed by atoms with Crippen molar-refractivity contribution >= 4 is 11.6 Å². The van der Waals surface area contributed by atoms with Crippen molar-refractivity contribution in [1.82, 2.24) is 0 Å². The molecular formula is C22H23F3O4. The zero-order valence-electron chi connectivity index (χ0n) is 16.3. The fourth-order valence-electron chi connectivity index (χ4n) is 2.89. The van der Waals surface area contributed by atoms with Crippen LogP contribution in [0.15, 0.2) is 48.5 Å². The average Bonchev–Trinajstić information content (AvgIpc) is 2.65. The zero-order chi connectivity index (χ0) is 21.4. The first-order valence-electron chi connectivity index (χ1n) is 9.14. The fraction of sp³-hybridized carbons (Fsp3) is 0.364. The van der Waals surface area contributed by atoms with Crippen molar-refractivity contribution in [3.05, 3.63) is 65.5 Å². The second-order valence-electron chi connectivity index (χ2n) is 6.80. The molecule has 0 aromatic heterocycles. The van der Waals surface area contributed by atoms with Gasteiger partial charge in [-0.15, -0.1) is 0 Å². The Morgan fingerprint density at radius 1 is 1.10 bits per heavy atom. The molecule has 1 atom stereocenters. The first kappa shape index (κ1) is 22.6. The molecule has 0 fully saturated rings. The highest BCUT2D eigenvalue weighted by molar-refractivity contribution is 5.87. The zero-order valence-corrected chi connectivity index (χ0v) is 16.3. The van der Waals surface area contributed by atoms with Gasteiger partial charge in [0.15, 0.2) is 0 Å². The molecule has 29 heavy (non-hydrogen) atoms. The van der Waals surface area contributed by atoms with E-state index in [9.17, 15) is 22.8 Å². The summed E-state index contributed by atoms with van der Waals surface area (Å²) in [5, 5.41) is 0. The van der Waals surface area contributed by atoms with Gasteiger partial charge in [-0.3, -0.25) is 4.79 Å². The summed E-state index contributed by atoms with van der Waals surface area (Å²) in [4.78, 5) is 23.6. The molecule has 0 aliphatic rings. The predicted molar refractivity (Wildman–Crippen MR) is 101 cm³/mol. The lowest BCUT2D eigenvalue weighted by molar-refractivity contribution is -0.185. The van der Waals surface area contributed by atoms with Gasteiger partial charge < -0.3 is 14.3 Å². The number of ether oxygens (including phenoxy) is 2. The molecule has 0 spiro atoms. The van der Waals surface area contributed by atoms with Crippen LogP contribution < -0.4 is 4.74 Å². The number of halogens is 3. The van der Waals surface area contributed by atoms with Crippen LogP contribution in [0.3, 0.4) is 0 Å². The number of carbonyl (C=O) groups excluding carboxylic acids is 2. The van der Waals surface area contributed by atoms with Crippen molar-refractivity contribution in [3.8, 4) is 5.75 Å². The summed E-state index contributed by atoms with van der Waals surface area (Å²) in [7, 11) is 1.46. The van der Waals surface area contributed by atoms with Crippen molar-refractivity contribution in [1.29, 1.82) is 0 Å². The third-order valence-electron chi connectivity index (χ3n) is 4.35. The SMILES string of the molecule is COC[C@@H](CC(C)=O)C(=O)CCc1ccc(C(F)(F)Oc2cccc(F)c2)cc1. The van der Waals surface area contributed by atoms with E-state index in [4.69, 9.17) is 4.74 Å². The van der Waals surface area contributed by atoms with Gasteiger partial charge in [-0.1, -0.05) is 18.2 Å². The van der Waals surface area contributed by atoms with Gasteiger partial charge in [-0.2, -0.15) is 8.78 Å².